The number of rotatable bonds is 4. The predicted molar refractivity (Wildman–Crippen MR) is 61.3 cm³/mol. The molecule has 0 N–H and O–H groups in total. The van der Waals surface area contributed by atoms with E-state index in [2.05, 4.69) is 6.07 Å². The summed E-state index contributed by atoms with van der Waals surface area (Å²) < 4.78 is 9.92. The minimum atomic E-state index is -0.540. The Bertz CT molecular complexity index is 393. The Kier molecular flexibility index (Phi) is 4.73. The lowest BCUT2D eigenvalue weighted by Gasteiger charge is -2.25. The molecule has 1 aliphatic rings. The van der Waals surface area contributed by atoms with Gasteiger partial charge in [-0.1, -0.05) is 0 Å². The van der Waals surface area contributed by atoms with Gasteiger partial charge in [0.1, 0.15) is 12.6 Å². The topological polar surface area (TPSA) is 62.6 Å². The Morgan fingerprint density at radius 2 is 2.29 bits per heavy atom. The molecule has 1 aliphatic heterocycles. The second kappa shape index (κ2) is 6.06. The van der Waals surface area contributed by atoms with E-state index in [-0.39, 0.29) is 0 Å². The van der Waals surface area contributed by atoms with Gasteiger partial charge in [0.05, 0.1) is 18.2 Å². The Balaban J connectivity index is 2.96. The molecule has 0 saturated carbocycles. The first-order valence-electron chi connectivity index (χ1n) is 5.35. The molecule has 0 radical (unpaired) electrons. The fraction of sp³-hybridized carbons (Fsp3) is 0.500. The molecule has 0 aromatic carbocycles. The molecular formula is C12H16N2O3. The number of allylic oxidation sites excluding steroid dienone is 1. The molecule has 0 aromatic rings. The van der Waals surface area contributed by atoms with Crippen molar-refractivity contribution < 1.29 is 14.3 Å². The third-order valence-corrected chi connectivity index (χ3v) is 2.36. The lowest BCUT2D eigenvalue weighted by Crippen LogP contribution is -2.26. The second-order valence-corrected chi connectivity index (χ2v) is 3.67. The van der Waals surface area contributed by atoms with Gasteiger partial charge in [0.25, 0.3) is 0 Å². The van der Waals surface area contributed by atoms with Crippen LogP contribution in [0.1, 0.15) is 13.8 Å². The van der Waals surface area contributed by atoms with Gasteiger partial charge >= 0.3 is 5.97 Å². The first-order valence-corrected chi connectivity index (χ1v) is 5.35. The van der Waals surface area contributed by atoms with E-state index in [0.717, 1.165) is 5.57 Å². The number of carbonyl (C=O) groups is 1. The molecule has 0 fully saturated rings. The summed E-state index contributed by atoms with van der Waals surface area (Å²) in [6, 6.07) is 2.10. The summed E-state index contributed by atoms with van der Waals surface area (Å²) in [5.74, 6) is -0.991. The van der Waals surface area contributed by atoms with Crippen LogP contribution in [0.5, 0.6) is 0 Å². The van der Waals surface area contributed by atoms with Gasteiger partial charge in [0, 0.05) is 19.5 Å². The van der Waals surface area contributed by atoms with Crippen LogP contribution in [0.2, 0.25) is 0 Å². The van der Waals surface area contributed by atoms with Crippen molar-refractivity contribution in [2.45, 2.75) is 13.8 Å². The number of nitriles is 1. The molecule has 92 valence electrons. The Labute approximate surface area is 101 Å². The van der Waals surface area contributed by atoms with Crippen LogP contribution < -0.4 is 0 Å². The van der Waals surface area contributed by atoms with Crippen molar-refractivity contribution in [2.24, 2.45) is 5.92 Å². The van der Waals surface area contributed by atoms with Crippen LogP contribution in [0.25, 0.3) is 0 Å². The van der Waals surface area contributed by atoms with Crippen LogP contribution in [-0.4, -0.2) is 31.3 Å². The van der Waals surface area contributed by atoms with Crippen LogP contribution in [0.4, 0.5) is 0 Å². The summed E-state index contributed by atoms with van der Waals surface area (Å²) >= 11 is 0. The standard InChI is InChI=1S/C12H16N2O3/c1-4-17-12(15)11-7-14(8-16-3)6-9(2)10(11)5-13/h6-7,10H,4,8H2,1-3H3. The molecule has 1 heterocycles. The predicted octanol–water partition coefficient (Wildman–Crippen LogP) is 1.40. The minimum absolute atomic E-state index is 0.293. The lowest BCUT2D eigenvalue weighted by atomic mass is 9.92. The molecule has 1 unspecified atom stereocenters. The largest absolute Gasteiger partial charge is 0.463 e. The van der Waals surface area contributed by atoms with Gasteiger partial charge in [0.15, 0.2) is 0 Å². The number of esters is 1. The van der Waals surface area contributed by atoms with Crippen molar-refractivity contribution in [3.63, 3.8) is 0 Å². The lowest BCUT2D eigenvalue weighted by molar-refractivity contribution is -0.139. The highest BCUT2D eigenvalue weighted by molar-refractivity contribution is 5.90. The van der Waals surface area contributed by atoms with E-state index in [4.69, 9.17) is 14.7 Å². The highest BCUT2D eigenvalue weighted by Gasteiger charge is 2.27. The molecule has 0 saturated heterocycles. The minimum Gasteiger partial charge on any atom is -0.463 e. The molecule has 5 nitrogen and oxygen atoms in total. The second-order valence-electron chi connectivity index (χ2n) is 3.67. The number of hydrogen-bond acceptors (Lipinski definition) is 5. The molecule has 17 heavy (non-hydrogen) atoms. The van der Waals surface area contributed by atoms with E-state index in [1.54, 1.807) is 31.3 Å². The van der Waals surface area contributed by atoms with Crippen molar-refractivity contribution in [3.05, 3.63) is 23.5 Å². The molecule has 0 amide bonds. The summed E-state index contributed by atoms with van der Waals surface area (Å²) in [4.78, 5) is 13.4. The smallest absolute Gasteiger partial charge is 0.337 e. The molecule has 1 rings (SSSR count). The highest BCUT2D eigenvalue weighted by Crippen LogP contribution is 2.26. The third kappa shape index (κ3) is 3.08. The Hall–Kier alpha value is -1.80. The summed E-state index contributed by atoms with van der Waals surface area (Å²) in [5.41, 5.74) is 1.15. The first kappa shape index (κ1) is 13.3. The number of methoxy groups -OCH3 is 1. The van der Waals surface area contributed by atoms with Gasteiger partial charge in [-0.25, -0.2) is 4.79 Å². The van der Waals surface area contributed by atoms with Crippen molar-refractivity contribution in [1.82, 2.24) is 4.90 Å². The van der Waals surface area contributed by atoms with E-state index < -0.39 is 11.9 Å². The number of hydrogen-bond donors (Lipinski definition) is 0. The average Bonchev–Trinajstić information content (AvgIpc) is 2.29. The van der Waals surface area contributed by atoms with Crippen molar-refractivity contribution in [1.29, 1.82) is 5.26 Å². The maximum Gasteiger partial charge on any atom is 0.337 e. The van der Waals surface area contributed by atoms with Crippen LogP contribution in [0.3, 0.4) is 0 Å². The van der Waals surface area contributed by atoms with E-state index in [1.165, 1.54) is 0 Å². The van der Waals surface area contributed by atoms with E-state index in [1.807, 2.05) is 6.92 Å². The van der Waals surface area contributed by atoms with Crippen LogP contribution >= 0.6 is 0 Å². The third-order valence-electron chi connectivity index (χ3n) is 2.36. The van der Waals surface area contributed by atoms with Gasteiger partial charge in [-0.2, -0.15) is 5.26 Å². The average molecular weight is 236 g/mol. The van der Waals surface area contributed by atoms with Crippen LogP contribution in [0.15, 0.2) is 23.5 Å². The molecule has 0 aromatic heterocycles. The van der Waals surface area contributed by atoms with Crippen LogP contribution in [0, 0.1) is 17.2 Å². The summed E-state index contributed by atoms with van der Waals surface area (Å²) in [6.07, 6.45) is 3.39. The molecule has 0 spiro atoms. The first-order chi connectivity index (χ1) is 8.13. The van der Waals surface area contributed by atoms with Gasteiger partial charge < -0.3 is 14.4 Å². The SMILES string of the molecule is CCOC(=O)C1=CN(COC)C=C(C)C1C#N. The zero-order valence-electron chi connectivity index (χ0n) is 10.3. The molecular weight excluding hydrogens is 220 g/mol. The van der Waals surface area contributed by atoms with Gasteiger partial charge in [-0.15, -0.1) is 0 Å². The summed E-state index contributed by atoms with van der Waals surface area (Å²) in [5, 5.41) is 9.08. The maximum atomic E-state index is 11.7. The molecule has 1 atom stereocenters. The molecule has 0 bridgehead atoms. The zero-order valence-corrected chi connectivity index (χ0v) is 10.3. The highest BCUT2D eigenvalue weighted by atomic mass is 16.5. The number of nitrogens with zero attached hydrogens (tertiary/aromatic N) is 2. The number of ether oxygens (including phenoxy) is 2. The number of carbonyl (C=O) groups excluding carboxylic acids is 1. The Morgan fingerprint density at radius 3 is 2.82 bits per heavy atom. The molecule has 0 aliphatic carbocycles. The quantitative estimate of drug-likeness (QED) is 0.690. The molecule has 5 heteroatoms. The fourth-order valence-electron chi connectivity index (χ4n) is 1.65. The zero-order chi connectivity index (χ0) is 12.8. The van der Waals surface area contributed by atoms with E-state index >= 15 is 0 Å². The monoisotopic (exact) mass is 236 g/mol. The normalized spacial score (nSPS) is 19.2. The van der Waals surface area contributed by atoms with E-state index in [9.17, 15) is 4.79 Å². The van der Waals surface area contributed by atoms with Gasteiger partial charge in [-0.05, 0) is 19.4 Å². The van der Waals surface area contributed by atoms with Crippen molar-refractivity contribution >= 4 is 5.97 Å². The summed E-state index contributed by atoms with van der Waals surface area (Å²) in [6.45, 7) is 4.17. The fourth-order valence-corrected chi connectivity index (χ4v) is 1.65. The van der Waals surface area contributed by atoms with Gasteiger partial charge in [0.2, 0.25) is 0 Å². The maximum absolute atomic E-state index is 11.7. The summed E-state index contributed by atoms with van der Waals surface area (Å²) in [7, 11) is 1.57. The van der Waals surface area contributed by atoms with Crippen molar-refractivity contribution in [2.75, 3.05) is 20.4 Å². The van der Waals surface area contributed by atoms with Crippen molar-refractivity contribution in [3.8, 4) is 6.07 Å². The van der Waals surface area contributed by atoms with Crippen LogP contribution in [-0.2, 0) is 14.3 Å². The Morgan fingerprint density at radius 1 is 1.59 bits per heavy atom. The van der Waals surface area contributed by atoms with E-state index in [0.29, 0.717) is 18.9 Å². The van der Waals surface area contributed by atoms with Gasteiger partial charge in [-0.3, -0.25) is 0 Å².